The lowest BCUT2D eigenvalue weighted by Gasteiger charge is -2.37. The topological polar surface area (TPSA) is 53.2 Å². The second-order valence-corrected chi connectivity index (χ2v) is 5.98. The van der Waals surface area contributed by atoms with E-state index < -0.39 is 0 Å². The van der Waals surface area contributed by atoms with Crippen molar-refractivity contribution in [3.63, 3.8) is 0 Å². The summed E-state index contributed by atoms with van der Waals surface area (Å²) in [6, 6.07) is 0.167. The molecule has 0 saturated heterocycles. The highest BCUT2D eigenvalue weighted by molar-refractivity contribution is 6.02. The largest absolute Gasteiger partial charge is 0.355 e. The lowest BCUT2D eigenvalue weighted by Crippen LogP contribution is -2.47. The standard InChI is InChI=1S/C18H24N2O2/c1-6-8-15-10-7-9-11(2)20(15)18(22)16-12(3)17(14(5)21)19-13(16)4/h6-7,9,11,15,19H,1,8,10H2,2-5H3/t11-,15-/m1/s1. The molecule has 1 aliphatic heterocycles. The Labute approximate surface area is 131 Å². The van der Waals surface area contributed by atoms with E-state index in [0.29, 0.717) is 11.3 Å². The van der Waals surface area contributed by atoms with Gasteiger partial charge in [0.05, 0.1) is 11.3 Å². The number of amides is 1. The zero-order valence-electron chi connectivity index (χ0n) is 13.8. The molecule has 0 spiro atoms. The van der Waals surface area contributed by atoms with Crippen molar-refractivity contribution in [1.29, 1.82) is 0 Å². The third-order valence-electron chi connectivity index (χ3n) is 4.33. The Morgan fingerprint density at radius 1 is 1.45 bits per heavy atom. The predicted molar refractivity (Wildman–Crippen MR) is 88.3 cm³/mol. The average molecular weight is 300 g/mol. The van der Waals surface area contributed by atoms with E-state index in [2.05, 4.69) is 23.7 Å². The Kier molecular flexibility index (Phi) is 4.69. The molecule has 1 aromatic rings. The van der Waals surface area contributed by atoms with Crippen molar-refractivity contribution in [3.8, 4) is 0 Å². The van der Waals surface area contributed by atoms with E-state index in [9.17, 15) is 9.59 Å². The van der Waals surface area contributed by atoms with Gasteiger partial charge in [0.25, 0.3) is 5.91 Å². The third kappa shape index (κ3) is 2.78. The Morgan fingerprint density at radius 2 is 2.14 bits per heavy atom. The first kappa shape index (κ1) is 16.3. The summed E-state index contributed by atoms with van der Waals surface area (Å²) in [5, 5.41) is 0. The number of nitrogens with zero attached hydrogens (tertiary/aromatic N) is 1. The van der Waals surface area contributed by atoms with Gasteiger partial charge in [-0.3, -0.25) is 9.59 Å². The first-order valence-electron chi connectivity index (χ1n) is 7.68. The lowest BCUT2D eigenvalue weighted by atomic mass is 9.97. The fraction of sp³-hybridized carbons (Fsp3) is 0.444. The van der Waals surface area contributed by atoms with Gasteiger partial charge in [0.15, 0.2) is 5.78 Å². The van der Waals surface area contributed by atoms with Crippen molar-refractivity contribution in [2.75, 3.05) is 0 Å². The molecule has 2 rings (SSSR count). The van der Waals surface area contributed by atoms with Crippen LogP contribution in [0, 0.1) is 13.8 Å². The fourth-order valence-electron chi connectivity index (χ4n) is 3.28. The molecule has 118 valence electrons. The molecule has 0 aliphatic carbocycles. The Bertz CT molecular complexity index is 640. The van der Waals surface area contributed by atoms with Crippen LogP contribution in [-0.4, -0.2) is 33.7 Å². The summed E-state index contributed by atoms with van der Waals surface area (Å²) < 4.78 is 0. The second kappa shape index (κ2) is 6.34. The van der Waals surface area contributed by atoms with Crippen LogP contribution in [0.5, 0.6) is 0 Å². The number of hydrogen-bond donors (Lipinski definition) is 1. The Hall–Kier alpha value is -2.10. The maximum absolute atomic E-state index is 13.1. The predicted octanol–water partition coefficient (Wildman–Crippen LogP) is 3.57. The number of rotatable bonds is 4. The summed E-state index contributed by atoms with van der Waals surface area (Å²) >= 11 is 0. The molecule has 4 nitrogen and oxygen atoms in total. The van der Waals surface area contributed by atoms with E-state index in [-0.39, 0.29) is 23.8 Å². The summed E-state index contributed by atoms with van der Waals surface area (Å²) in [6.07, 6.45) is 7.64. The first-order valence-corrected chi connectivity index (χ1v) is 7.68. The van der Waals surface area contributed by atoms with Crippen LogP contribution in [0.25, 0.3) is 0 Å². The van der Waals surface area contributed by atoms with E-state index in [1.165, 1.54) is 6.92 Å². The summed E-state index contributed by atoms with van der Waals surface area (Å²) in [6.45, 7) is 11.0. The molecule has 0 unspecified atom stereocenters. The number of aromatic nitrogens is 1. The smallest absolute Gasteiger partial charge is 0.256 e. The average Bonchev–Trinajstić information content (AvgIpc) is 2.74. The molecular formula is C18H24N2O2. The van der Waals surface area contributed by atoms with E-state index in [1.807, 2.05) is 31.7 Å². The fourth-order valence-corrected chi connectivity index (χ4v) is 3.28. The minimum absolute atomic E-state index is 0.0116. The van der Waals surface area contributed by atoms with Crippen LogP contribution in [0.15, 0.2) is 24.8 Å². The highest BCUT2D eigenvalue weighted by Gasteiger charge is 2.32. The van der Waals surface area contributed by atoms with Gasteiger partial charge in [-0.05, 0) is 39.2 Å². The molecule has 4 heteroatoms. The summed E-state index contributed by atoms with van der Waals surface area (Å²) in [5.74, 6) is -0.0590. The minimum atomic E-state index is -0.0473. The zero-order valence-corrected chi connectivity index (χ0v) is 13.8. The van der Waals surface area contributed by atoms with Crippen LogP contribution < -0.4 is 0 Å². The summed E-state index contributed by atoms with van der Waals surface area (Å²) in [4.78, 5) is 29.8. The van der Waals surface area contributed by atoms with E-state index in [4.69, 9.17) is 0 Å². The molecule has 0 aromatic carbocycles. The van der Waals surface area contributed by atoms with Gasteiger partial charge >= 0.3 is 0 Å². The second-order valence-electron chi connectivity index (χ2n) is 5.98. The Balaban J connectivity index is 2.43. The molecule has 1 amide bonds. The monoisotopic (exact) mass is 300 g/mol. The number of carbonyl (C=O) groups is 2. The van der Waals surface area contributed by atoms with Crippen molar-refractivity contribution >= 4 is 11.7 Å². The van der Waals surface area contributed by atoms with Gasteiger partial charge in [0.2, 0.25) is 0 Å². The maximum Gasteiger partial charge on any atom is 0.256 e. The van der Waals surface area contributed by atoms with Crippen LogP contribution >= 0.6 is 0 Å². The number of aryl methyl sites for hydroxylation is 1. The number of ketones is 1. The maximum atomic E-state index is 13.1. The van der Waals surface area contributed by atoms with Gasteiger partial charge in [-0.15, -0.1) is 6.58 Å². The van der Waals surface area contributed by atoms with Gasteiger partial charge in [-0.25, -0.2) is 0 Å². The number of H-pyrrole nitrogens is 1. The quantitative estimate of drug-likeness (QED) is 0.682. The van der Waals surface area contributed by atoms with Gasteiger partial charge < -0.3 is 9.88 Å². The molecule has 0 radical (unpaired) electrons. The lowest BCUT2D eigenvalue weighted by molar-refractivity contribution is 0.0621. The van der Waals surface area contributed by atoms with Crippen LogP contribution in [0.1, 0.15) is 58.8 Å². The van der Waals surface area contributed by atoms with Crippen molar-refractivity contribution in [2.45, 2.75) is 52.6 Å². The molecule has 2 heterocycles. The Morgan fingerprint density at radius 3 is 2.68 bits per heavy atom. The van der Waals surface area contributed by atoms with Crippen LogP contribution in [0.4, 0.5) is 0 Å². The molecule has 1 aromatic heterocycles. The molecule has 22 heavy (non-hydrogen) atoms. The van der Waals surface area contributed by atoms with E-state index in [0.717, 1.165) is 24.1 Å². The molecule has 0 fully saturated rings. The van der Waals surface area contributed by atoms with Gasteiger partial charge in [0.1, 0.15) is 0 Å². The van der Waals surface area contributed by atoms with Crippen molar-refractivity contribution < 1.29 is 9.59 Å². The molecule has 0 saturated carbocycles. The molecule has 0 bridgehead atoms. The van der Waals surface area contributed by atoms with Crippen LogP contribution in [0.2, 0.25) is 0 Å². The van der Waals surface area contributed by atoms with E-state index in [1.54, 1.807) is 0 Å². The number of nitrogens with one attached hydrogen (secondary N) is 1. The van der Waals surface area contributed by atoms with Crippen molar-refractivity contribution in [2.24, 2.45) is 0 Å². The molecule has 1 aliphatic rings. The van der Waals surface area contributed by atoms with E-state index >= 15 is 0 Å². The molecule has 2 atom stereocenters. The van der Waals surface area contributed by atoms with Crippen LogP contribution in [-0.2, 0) is 0 Å². The number of Topliss-reactive ketones (excluding diaryl/α,β-unsaturated/α-hetero) is 1. The highest BCUT2D eigenvalue weighted by Crippen LogP contribution is 2.27. The summed E-state index contributed by atoms with van der Waals surface area (Å²) in [5.41, 5.74) is 2.66. The number of aromatic amines is 1. The molecular weight excluding hydrogens is 276 g/mol. The SMILES string of the molecule is C=CC[C@@H]1CC=C[C@@H](C)N1C(=O)c1c(C)[nH]c(C(C)=O)c1C. The highest BCUT2D eigenvalue weighted by atomic mass is 16.2. The summed E-state index contributed by atoms with van der Waals surface area (Å²) in [7, 11) is 0. The number of carbonyl (C=O) groups excluding carboxylic acids is 2. The van der Waals surface area contributed by atoms with Crippen molar-refractivity contribution in [3.05, 3.63) is 47.3 Å². The van der Waals surface area contributed by atoms with Crippen molar-refractivity contribution in [1.82, 2.24) is 9.88 Å². The third-order valence-corrected chi connectivity index (χ3v) is 4.33. The van der Waals surface area contributed by atoms with Gasteiger partial charge in [-0.1, -0.05) is 18.2 Å². The minimum Gasteiger partial charge on any atom is -0.355 e. The molecule has 1 N–H and O–H groups in total. The first-order chi connectivity index (χ1) is 10.4. The van der Waals surface area contributed by atoms with Gasteiger partial charge in [-0.2, -0.15) is 0 Å². The van der Waals surface area contributed by atoms with Crippen LogP contribution in [0.3, 0.4) is 0 Å². The zero-order chi connectivity index (χ0) is 16.4. The van der Waals surface area contributed by atoms with Gasteiger partial charge in [0, 0.05) is 24.7 Å². The number of hydrogen-bond acceptors (Lipinski definition) is 2. The normalized spacial score (nSPS) is 21.0.